The molecule has 0 bridgehead atoms. The Balaban J connectivity index is 2.26. The average molecular weight is 186 g/mol. The molecular weight excluding hydrogens is 168 g/mol. The third kappa shape index (κ3) is 3.22. The molecule has 0 spiro atoms. The zero-order valence-corrected chi connectivity index (χ0v) is 8.12. The minimum atomic E-state index is -0.366. The maximum absolute atomic E-state index is 11.2. The molecule has 13 heavy (non-hydrogen) atoms. The lowest BCUT2D eigenvalue weighted by molar-refractivity contribution is -0.0398. The summed E-state index contributed by atoms with van der Waals surface area (Å²) in [6, 6.07) is -0.100. The van der Waals surface area contributed by atoms with Crippen molar-refractivity contribution >= 4 is 6.03 Å². The van der Waals surface area contributed by atoms with Crippen LogP contribution < -0.4 is 5.32 Å². The average Bonchev–Trinajstić information content (AvgIpc) is 2.18. The van der Waals surface area contributed by atoms with E-state index in [0.717, 1.165) is 12.8 Å². The molecule has 0 unspecified atom stereocenters. The molecule has 2 amide bonds. The van der Waals surface area contributed by atoms with Crippen LogP contribution in [0.15, 0.2) is 0 Å². The number of nitrogens with one attached hydrogen (secondary N) is 1. The topological polar surface area (TPSA) is 52.6 Å². The minimum absolute atomic E-state index is 0.266. The van der Waals surface area contributed by atoms with Crippen molar-refractivity contribution in [2.75, 3.05) is 6.54 Å². The number of hydrogen-bond acceptors (Lipinski definition) is 2. The molecule has 4 heteroatoms. The molecule has 4 nitrogen and oxygen atoms in total. The third-order valence-electron chi connectivity index (χ3n) is 2.47. The molecule has 0 aromatic carbocycles. The Morgan fingerprint density at radius 3 is 2.62 bits per heavy atom. The molecule has 1 rings (SSSR count). The van der Waals surface area contributed by atoms with E-state index >= 15 is 0 Å². The fourth-order valence-corrected chi connectivity index (χ4v) is 1.64. The van der Waals surface area contributed by atoms with E-state index in [2.05, 4.69) is 5.32 Å². The van der Waals surface area contributed by atoms with E-state index in [1.54, 1.807) is 6.92 Å². The number of hydrogen-bond donors (Lipinski definition) is 2. The van der Waals surface area contributed by atoms with Crippen molar-refractivity contribution in [3.63, 3.8) is 0 Å². The van der Waals surface area contributed by atoms with Gasteiger partial charge in [-0.05, 0) is 19.8 Å². The van der Waals surface area contributed by atoms with Crippen molar-refractivity contribution in [1.82, 2.24) is 10.4 Å². The van der Waals surface area contributed by atoms with E-state index in [0.29, 0.717) is 11.6 Å². The molecular formula is C9H18N2O2. The lowest BCUT2D eigenvalue weighted by atomic mass is 9.96. The number of urea groups is 1. The predicted molar refractivity (Wildman–Crippen MR) is 49.6 cm³/mol. The Hall–Kier alpha value is -0.770. The summed E-state index contributed by atoms with van der Waals surface area (Å²) in [6.07, 6.45) is 5.72. The van der Waals surface area contributed by atoms with Gasteiger partial charge in [-0.1, -0.05) is 19.3 Å². The molecule has 1 saturated carbocycles. The summed E-state index contributed by atoms with van der Waals surface area (Å²) < 4.78 is 0. The highest BCUT2D eigenvalue weighted by Crippen LogP contribution is 2.17. The first-order valence-corrected chi connectivity index (χ1v) is 5.01. The Morgan fingerprint density at radius 1 is 1.46 bits per heavy atom. The zero-order valence-electron chi connectivity index (χ0n) is 8.12. The summed E-state index contributed by atoms with van der Waals surface area (Å²) in [7, 11) is 0. The molecule has 0 aromatic rings. The zero-order chi connectivity index (χ0) is 9.68. The van der Waals surface area contributed by atoms with Gasteiger partial charge in [0.05, 0.1) is 0 Å². The van der Waals surface area contributed by atoms with Gasteiger partial charge in [-0.15, -0.1) is 0 Å². The van der Waals surface area contributed by atoms with Gasteiger partial charge in [0.15, 0.2) is 0 Å². The van der Waals surface area contributed by atoms with E-state index in [-0.39, 0.29) is 12.1 Å². The van der Waals surface area contributed by atoms with Gasteiger partial charge in [-0.25, -0.2) is 9.86 Å². The van der Waals surface area contributed by atoms with Crippen molar-refractivity contribution in [1.29, 1.82) is 0 Å². The standard InChI is InChI=1S/C9H18N2O2/c1-2-11(13)9(12)10-8-6-4-3-5-7-8/h8,13H,2-7H2,1H3,(H,10,12). The van der Waals surface area contributed by atoms with Crippen LogP contribution in [0.2, 0.25) is 0 Å². The lowest BCUT2D eigenvalue weighted by Gasteiger charge is -2.24. The predicted octanol–water partition coefficient (Wildman–Crippen LogP) is 1.74. The highest BCUT2D eigenvalue weighted by atomic mass is 16.5. The molecule has 1 fully saturated rings. The molecule has 0 atom stereocenters. The van der Waals surface area contributed by atoms with E-state index in [9.17, 15) is 4.79 Å². The van der Waals surface area contributed by atoms with Crippen LogP contribution in [0.5, 0.6) is 0 Å². The quantitative estimate of drug-likeness (QED) is 0.510. The highest BCUT2D eigenvalue weighted by molar-refractivity contribution is 5.73. The van der Waals surface area contributed by atoms with Crippen LogP contribution in [0.3, 0.4) is 0 Å². The van der Waals surface area contributed by atoms with E-state index in [4.69, 9.17) is 5.21 Å². The minimum Gasteiger partial charge on any atom is -0.333 e. The van der Waals surface area contributed by atoms with Gasteiger partial charge in [0, 0.05) is 12.6 Å². The first-order chi connectivity index (χ1) is 6.24. The Morgan fingerprint density at radius 2 is 2.08 bits per heavy atom. The number of nitrogens with zero attached hydrogens (tertiary/aromatic N) is 1. The van der Waals surface area contributed by atoms with Crippen LogP contribution in [0.4, 0.5) is 4.79 Å². The van der Waals surface area contributed by atoms with Crippen LogP contribution in [0.1, 0.15) is 39.0 Å². The van der Waals surface area contributed by atoms with Gasteiger partial charge < -0.3 is 5.32 Å². The second-order valence-corrected chi connectivity index (χ2v) is 3.50. The van der Waals surface area contributed by atoms with E-state index in [1.807, 2.05) is 0 Å². The van der Waals surface area contributed by atoms with Crippen LogP contribution in [-0.4, -0.2) is 28.9 Å². The maximum atomic E-state index is 11.2. The molecule has 0 heterocycles. The molecule has 0 radical (unpaired) electrons. The van der Waals surface area contributed by atoms with Gasteiger partial charge in [0.25, 0.3) is 0 Å². The van der Waals surface area contributed by atoms with Crippen LogP contribution >= 0.6 is 0 Å². The summed E-state index contributed by atoms with van der Waals surface area (Å²) in [5.74, 6) is 0. The Labute approximate surface area is 78.9 Å². The summed E-state index contributed by atoms with van der Waals surface area (Å²) >= 11 is 0. The highest BCUT2D eigenvalue weighted by Gasteiger charge is 2.17. The van der Waals surface area contributed by atoms with Crippen LogP contribution in [-0.2, 0) is 0 Å². The van der Waals surface area contributed by atoms with Crippen molar-refractivity contribution < 1.29 is 10.0 Å². The van der Waals surface area contributed by atoms with Gasteiger partial charge >= 0.3 is 6.03 Å². The summed E-state index contributed by atoms with van der Waals surface area (Å²) in [5.41, 5.74) is 0. The molecule has 76 valence electrons. The van der Waals surface area contributed by atoms with Crippen molar-refractivity contribution in [2.45, 2.75) is 45.1 Å². The van der Waals surface area contributed by atoms with Crippen molar-refractivity contribution in [2.24, 2.45) is 0 Å². The van der Waals surface area contributed by atoms with Crippen molar-refractivity contribution in [3.8, 4) is 0 Å². The monoisotopic (exact) mass is 186 g/mol. The fraction of sp³-hybridized carbons (Fsp3) is 0.889. The summed E-state index contributed by atoms with van der Waals surface area (Å²) in [5, 5.41) is 12.6. The number of carbonyl (C=O) groups is 1. The molecule has 0 aromatic heterocycles. The van der Waals surface area contributed by atoms with Gasteiger partial charge in [-0.2, -0.15) is 0 Å². The second-order valence-electron chi connectivity index (χ2n) is 3.50. The summed E-state index contributed by atoms with van der Waals surface area (Å²) in [6.45, 7) is 2.07. The lowest BCUT2D eigenvalue weighted by Crippen LogP contribution is -2.43. The number of carbonyl (C=O) groups excluding carboxylic acids is 1. The van der Waals surface area contributed by atoms with Crippen LogP contribution in [0.25, 0.3) is 0 Å². The SMILES string of the molecule is CCN(O)C(=O)NC1CCCCC1. The molecule has 2 N–H and O–H groups in total. The normalized spacial score (nSPS) is 18.3. The molecule has 0 saturated heterocycles. The van der Waals surface area contributed by atoms with E-state index in [1.165, 1.54) is 19.3 Å². The third-order valence-corrected chi connectivity index (χ3v) is 2.47. The largest absolute Gasteiger partial charge is 0.341 e. The first kappa shape index (κ1) is 10.3. The fourth-order valence-electron chi connectivity index (χ4n) is 1.64. The second kappa shape index (κ2) is 5.07. The molecule has 1 aliphatic carbocycles. The van der Waals surface area contributed by atoms with Crippen LogP contribution in [0, 0.1) is 0 Å². The summed E-state index contributed by atoms with van der Waals surface area (Å²) in [4.78, 5) is 11.2. The van der Waals surface area contributed by atoms with Crippen molar-refractivity contribution in [3.05, 3.63) is 0 Å². The smallest absolute Gasteiger partial charge is 0.333 e. The first-order valence-electron chi connectivity index (χ1n) is 5.01. The maximum Gasteiger partial charge on any atom is 0.341 e. The Bertz CT molecular complexity index is 167. The Kier molecular flexibility index (Phi) is 4.02. The number of amides is 2. The van der Waals surface area contributed by atoms with E-state index < -0.39 is 0 Å². The van der Waals surface area contributed by atoms with Gasteiger partial charge in [0.2, 0.25) is 0 Å². The molecule has 1 aliphatic rings. The number of hydroxylamine groups is 2. The van der Waals surface area contributed by atoms with Gasteiger partial charge in [0.1, 0.15) is 0 Å². The molecule has 0 aliphatic heterocycles. The number of rotatable bonds is 2. The van der Waals surface area contributed by atoms with Gasteiger partial charge in [-0.3, -0.25) is 5.21 Å².